The monoisotopic (exact) mass is 462 g/mol. The number of benzene rings is 2. The number of amides is 2. The lowest BCUT2D eigenvalue weighted by Gasteiger charge is -2.29. The van der Waals surface area contributed by atoms with E-state index in [1.54, 1.807) is 4.90 Å². The van der Waals surface area contributed by atoms with Gasteiger partial charge in [0.2, 0.25) is 5.91 Å². The Kier molecular flexibility index (Phi) is 6.26. The first-order valence-corrected chi connectivity index (χ1v) is 12.2. The molecule has 178 valence electrons. The van der Waals surface area contributed by atoms with Crippen LogP contribution < -0.4 is 5.32 Å². The normalized spacial score (nSPS) is 23.4. The minimum atomic E-state index is -0.885. The molecule has 2 aromatic rings. The van der Waals surface area contributed by atoms with Crippen LogP contribution in [0.4, 0.5) is 4.79 Å². The van der Waals surface area contributed by atoms with Crippen LogP contribution in [0.15, 0.2) is 48.5 Å². The van der Waals surface area contributed by atoms with Gasteiger partial charge in [-0.05, 0) is 47.9 Å². The van der Waals surface area contributed by atoms with Crippen molar-refractivity contribution in [3.05, 3.63) is 59.7 Å². The van der Waals surface area contributed by atoms with Crippen LogP contribution in [-0.4, -0.2) is 53.2 Å². The number of hydrogen-bond acceptors (Lipinski definition) is 4. The van der Waals surface area contributed by atoms with E-state index >= 15 is 0 Å². The van der Waals surface area contributed by atoms with E-state index < -0.39 is 12.1 Å². The quantitative estimate of drug-likeness (QED) is 0.672. The van der Waals surface area contributed by atoms with Gasteiger partial charge in [0.05, 0.1) is 12.3 Å². The van der Waals surface area contributed by atoms with Crippen LogP contribution in [0.25, 0.3) is 11.1 Å². The van der Waals surface area contributed by atoms with Crippen molar-refractivity contribution < 1.29 is 24.2 Å². The summed E-state index contributed by atoms with van der Waals surface area (Å²) in [6.45, 7) is 0.822. The molecule has 34 heavy (non-hydrogen) atoms. The van der Waals surface area contributed by atoms with Crippen LogP contribution in [-0.2, 0) is 14.3 Å². The molecule has 2 N–H and O–H groups in total. The average Bonchev–Trinajstić information content (AvgIpc) is 3.55. The van der Waals surface area contributed by atoms with Crippen molar-refractivity contribution in [1.82, 2.24) is 10.2 Å². The minimum Gasteiger partial charge on any atom is -0.481 e. The third-order valence-corrected chi connectivity index (χ3v) is 7.55. The summed E-state index contributed by atoms with van der Waals surface area (Å²) in [6, 6.07) is 15.9. The molecule has 3 atom stereocenters. The zero-order valence-electron chi connectivity index (χ0n) is 19.1. The van der Waals surface area contributed by atoms with Gasteiger partial charge in [-0.15, -0.1) is 0 Å². The van der Waals surface area contributed by atoms with Crippen molar-refractivity contribution in [3.8, 4) is 11.1 Å². The molecule has 0 aromatic heterocycles. The second-order valence-corrected chi connectivity index (χ2v) is 9.54. The fourth-order valence-electron chi connectivity index (χ4n) is 5.97. The second kappa shape index (κ2) is 9.49. The first-order valence-electron chi connectivity index (χ1n) is 12.2. The summed E-state index contributed by atoms with van der Waals surface area (Å²) in [5, 5.41) is 12.1. The van der Waals surface area contributed by atoms with Gasteiger partial charge in [-0.25, -0.2) is 4.79 Å². The number of carbonyl (C=O) groups is 3. The van der Waals surface area contributed by atoms with E-state index in [-0.39, 0.29) is 42.9 Å². The maximum atomic E-state index is 13.2. The number of hydrogen-bond donors (Lipinski definition) is 2. The SMILES string of the molecule is O=C(O)CC1CCCN1C(=O)C1CCCC1NC(=O)OCC1c2ccccc2-c2ccccc21. The first-order chi connectivity index (χ1) is 16.5. The maximum Gasteiger partial charge on any atom is 0.407 e. The lowest BCUT2D eigenvalue weighted by Crippen LogP contribution is -2.47. The highest BCUT2D eigenvalue weighted by Crippen LogP contribution is 2.44. The average molecular weight is 463 g/mol. The van der Waals surface area contributed by atoms with Crippen LogP contribution in [0.1, 0.15) is 55.6 Å². The van der Waals surface area contributed by atoms with Gasteiger partial charge in [0.25, 0.3) is 0 Å². The number of fused-ring (bicyclic) bond motifs is 3. The van der Waals surface area contributed by atoms with Gasteiger partial charge in [0.1, 0.15) is 6.61 Å². The van der Waals surface area contributed by atoms with Crippen molar-refractivity contribution in [1.29, 1.82) is 0 Å². The minimum absolute atomic E-state index is 0.0134. The number of alkyl carbamates (subject to hydrolysis) is 1. The van der Waals surface area contributed by atoms with Gasteiger partial charge in [0.15, 0.2) is 0 Å². The smallest absolute Gasteiger partial charge is 0.407 e. The molecule has 1 heterocycles. The molecule has 3 aliphatic rings. The maximum absolute atomic E-state index is 13.2. The summed E-state index contributed by atoms with van der Waals surface area (Å²) in [7, 11) is 0. The highest BCUT2D eigenvalue weighted by Gasteiger charge is 2.40. The summed E-state index contributed by atoms with van der Waals surface area (Å²) in [6.07, 6.45) is 3.28. The van der Waals surface area contributed by atoms with Crippen LogP contribution in [0.3, 0.4) is 0 Å². The fourth-order valence-corrected chi connectivity index (χ4v) is 5.97. The third kappa shape index (κ3) is 4.27. The molecule has 1 aliphatic heterocycles. The largest absolute Gasteiger partial charge is 0.481 e. The van der Waals surface area contributed by atoms with Crippen LogP contribution in [0.2, 0.25) is 0 Å². The van der Waals surface area contributed by atoms with Crippen molar-refractivity contribution in [3.63, 3.8) is 0 Å². The standard InChI is InChI=1S/C27H30N2O5/c30-25(31)15-17-7-6-14-29(17)26(32)22-12-5-13-24(22)28-27(33)34-16-23-20-10-3-1-8-18(20)19-9-2-4-11-21(19)23/h1-4,8-11,17,22-24H,5-7,12-16H2,(H,28,33)(H,30,31). The fraction of sp³-hybridized carbons (Fsp3) is 0.444. The molecule has 0 radical (unpaired) electrons. The Hall–Kier alpha value is -3.35. The number of carboxylic acid groups (broad SMARTS) is 1. The van der Waals surface area contributed by atoms with E-state index in [2.05, 4.69) is 29.6 Å². The number of rotatable bonds is 6. The molecule has 2 aliphatic carbocycles. The molecule has 2 aromatic carbocycles. The lowest BCUT2D eigenvalue weighted by atomic mass is 9.98. The van der Waals surface area contributed by atoms with Crippen molar-refractivity contribution in [2.45, 2.75) is 56.5 Å². The highest BCUT2D eigenvalue weighted by molar-refractivity contribution is 5.82. The van der Waals surface area contributed by atoms with E-state index in [4.69, 9.17) is 9.84 Å². The van der Waals surface area contributed by atoms with Crippen molar-refractivity contribution >= 4 is 18.0 Å². The number of nitrogens with one attached hydrogen (secondary N) is 1. The number of nitrogens with zero attached hydrogens (tertiary/aromatic N) is 1. The Morgan fingerprint density at radius 2 is 1.62 bits per heavy atom. The number of carboxylic acids is 1. The molecule has 1 saturated heterocycles. The molecule has 3 unspecified atom stereocenters. The molecular formula is C27H30N2O5. The molecule has 2 fully saturated rings. The zero-order valence-corrected chi connectivity index (χ0v) is 19.1. The summed E-state index contributed by atoms with van der Waals surface area (Å²) in [5.74, 6) is -1.26. The summed E-state index contributed by atoms with van der Waals surface area (Å²) in [5.41, 5.74) is 4.66. The summed E-state index contributed by atoms with van der Waals surface area (Å²) < 4.78 is 5.68. The van der Waals surface area contributed by atoms with Crippen LogP contribution in [0.5, 0.6) is 0 Å². The first kappa shape index (κ1) is 22.4. The Labute approximate surface area is 199 Å². The Morgan fingerprint density at radius 3 is 2.29 bits per heavy atom. The highest BCUT2D eigenvalue weighted by atomic mass is 16.5. The molecule has 0 bridgehead atoms. The number of ether oxygens (including phenoxy) is 1. The molecular weight excluding hydrogens is 432 g/mol. The Morgan fingerprint density at radius 1 is 0.941 bits per heavy atom. The van der Waals surface area contributed by atoms with E-state index in [1.807, 2.05) is 24.3 Å². The number of likely N-dealkylation sites (tertiary alicyclic amines) is 1. The molecule has 5 rings (SSSR count). The van der Waals surface area contributed by atoms with Crippen LogP contribution >= 0.6 is 0 Å². The Bertz CT molecular complexity index is 1050. The Balaban J connectivity index is 1.21. The predicted octanol–water partition coefficient (Wildman–Crippen LogP) is 4.16. The molecule has 1 saturated carbocycles. The van der Waals surface area contributed by atoms with E-state index in [9.17, 15) is 14.4 Å². The van der Waals surface area contributed by atoms with Gasteiger partial charge >= 0.3 is 12.1 Å². The topological polar surface area (TPSA) is 95.9 Å². The van der Waals surface area contributed by atoms with Gasteiger partial charge in [0, 0.05) is 24.5 Å². The van der Waals surface area contributed by atoms with E-state index in [0.29, 0.717) is 13.0 Å². The van der Waals surface area contributed by atoms with E-state index in [0.717, 1.165) is 36.8 Å². The molecule has 7 nitrogen and oxygen atoms in total. The number of aliphatic carboxylic acids is 1. The van der Waals surface area contributed by atoms with Crippen molar-refractivity contribution in [2.24, 2.45) is 5.92 Å². The number of carbonyl (C=O) groups excluding carboxylic acids is 2. The molecule has 2 amide bonds. The van der Waals surface area contributed by atoms with Gasteiger partial charge in [-0.1, -0.05) is 55.0 Å². The summed E-state index contributed by atoms with van der Waals surface area (Å²) in [4.78, 5) is 38.9. The van der Waals surface area contributed by atoms with Gasteiger partial charge in [-0.2, -0.15) is 0 Å². The van der Waals surface area contributed by atoms with Gasteiger partial charge < -0.3 is 20.1 Å². The molecule has 7 heteroatoms. The third-order valence-electron chi connectivity index (χ3n) is 7.55. The van der Waals surface area contributed by atoms with Crippen molar-refractivity contribution in [2.75, 3.05) is 13.2 Å². The van der Waals surface area contributed by atoms with E-state index in [1.165, 1.54) is 11.1 Å². The summed E-state index contributed by atoms with van der Waals surface area (Å²) >= 11 is 0. The van der Waals surface area contributed by atoms with Crippen LogP contribution in [0, 0.1) is 5.92 Å². The predicted molar refractivity (Wildman–Crippen MR) is 126 cm³/mol. The van der Waals surface area contributed by atoms with Gasteiger partial charge in [-0.3, -0.25) is 9.59 Å². The lowest BCUT2D eigenvalue weighted by molar-refractivity contribution is -0.141. The zero-order chi connectivity index (χ0) is 23.7. The second-order valence-electron chi connectivity index (χ2n) is 9.54. The molecule has 0 spiro atoms.